The van der Waals surface area contributed by atoms with Crippen LogP contribution in [0, 0.1) is 0 Å². The Morgan fingerprint density at radius 2 is 1.76 bits per heavy atom. The highest BCUT2D eigenvalue weighted by Crippen LogP contribution is 1.95. The molecule has 98 valence electrons. The molecule has 0 aliphatic heterocycles. The second-order valence-corrected chi connectivity index (χ2v) is 3.91. The van der Waals surface area contributed by atoms with Gasteiger partial charge in [0.1, 0.15) is 12.1 Å². The van der Waals surface area contributed by atoms with Gasteiger partial charge in [-0.1, -0.05) is 13.8 Å². The topological polar surface area (TPSA) is 101 Å². The third-order valence-electron chi connectivity index (χ3n) is 2.32. The summed E-state index contributed by atoms with van der Waals surface area (Å²) in [7, 11) is 0. The molecular formula is C11H21N3O3. The number of carbonyl (C=O) groups is 3. The van der Waals surface area contributed by atoms with Crippen molar-refractivity contribution in [3.05, 3.63) is 0 Å². The zero-order valence-electron chi connectivity index (χ0n) is 10.6. The summed E-state index contributed by atoms with van der Waals surface area (Å²) in [5.74, 6) is -1.16. The van der Waals surface area contributed by atoms with E-state index >= 15 is 0 Å². The molecule has 0 heterocycles. The number of nitrogens with two attached hydrogens (primary N) is 1. The predicted octanol–water partition coefficient (Wildman–Crippen LogP) is -0.329. The van der Waals surface area contributed by atoms with Crippen molar-refractivity contribution >= 4 is 17.7 Å². The molecule has 0 saturated heterocycles. The molecule has 0 saturated carbocycles. The van der Waals surface area contributed by atoms with E-state index in [4.69, 9.17) is 5.73 Å². The van der Waals surface area contributed by atoms with Crippen molar-refractivity contribution in [1.82, 2.24) is 10.6 Å². The first-order chi connectivity index (χ1) is 7.92. The average molecular weight is 243 g/mol. The summed E-state index contributed by atoms with van der Waals surface area (Å²) in [6, 6.07) is -1.35. The van der Waals surface area contributed by atoms with Gasteiger partial charge in [-0.2, -0.15) is 0 Å². The van der Waals surface area contributed by atoms with E-state index in [1.165, 1.54) is 6.92 Å². The van der Waals surface area contributed by atoms with Gasteiger partial charge in [-0.15, -0.1) is 0 Å². The normalized spacial score (nSPS) is 13.6. The molecule has 6 nitrogen and oxygen atoms in total. The number of hydrogen-bond acceptors (Lipinski definition) is 3. The Hall–Kier alpha value is -1.59. The van der Waals surface area contributed by atoms with Gasteiger partial charge in [-0.3, -0.25) is 14.4 Å². The highest BCUT2D eigenvalue weighted by Gasteiger charge is 2.21. The number of carbonyl (C=O) groups excluding carboxylic acids is 3. The van der Waals surface area contributed by atoms with E-state index in [2.05, 4.69) is 10.6 Å². The first-order valence-corrected chi connectivity index (χ1v) is 5.81. The smallest absolute Gasteiger partial charge is 0.243 e. The molecule has 3 amide bonds. The van der Waals surface area contributed by atoms with Gasteiger partial charge in [0.05, 0.1) is 0 Å². The van der Waals surface area contributed by atoms with E-state index in [1.54, 1.807) is 6.92 Å². The Balaban J connectivity index is 4.30. The standard InChI is InChI=1S/C11H21N3O3/c1-4-6-9(15)14-8(5-2)11(17)13-7(3)10(12)16/h7-8H,4-6H2,1-3H3,(H2,12,16)(H,13,17)(H,14,15)/t7-,8-/m0/s1. The van der Waals surface area contributed by atoms with Crippen molar-refractivity contribution in [1.29, 1.82) is 0 Å². The second kappa shape index (κ2) is 7.65. The van der Waals surface area contributed by atoms with E-state index in [-0.39, 0.29) is 11.8 Å². The average Bonchev–Trinajstić information content (AvgIpc) is 2.25. The monoisotopic (exact) mass is 243 g/mol. The zero-order valence-corrected chi connectivity index (χ0v) is 10.6. The molecule has 0 aromatic carbocycles. The fourth-order valence-corrected chi connectivity index (χ4v) is 1.23. The fourth-order valence-electron chi connectivity index (χ4n) is 1.23. The zero-order chi connectivity index (χ0) is 13.4. The summed E-state index contributed by atoms with van der Waals surface area (Å²) < 4.78 is 0. The first-order valence-electron chi connectivity index (χ1n) is 5.81. The maximum absolute atomic E-state index is 11.7. The van der Waals surface area contributed by atoms with Crippen molar-refractivity contribution < 1.29 is 14.4 Å². The lowest BCUT2D eigenvalue weighted by atomic mass is 10.1. The minimum atomic E-state index is -0.736. The third-order valence-corrected chi connectivity index (χ3v) is 2.32. The van der Waals surface area contributed by atoms with Crippen LogP contribution in [-0.2, 0) is 14.4 Å². The van der Waals surface area contributed by atoms with Crippen molar-refractivity contribution in [3.8, 4) is 0 Å². The molecule has 0 aliphatic rings. The molecule has 0 unspecified atom stereocenters. The predicted molar refractivity (Wildman–Crippen MR) is 63.9 cm³/mol. The number of nitrogens with one attached hydrogen (secondary N) is 2. The summed E-state index contributed by atoms with van der Waals surface area (Å²) in [4.78, 5) is 33.8. The molecule has 0 spiro atoms. The van der Waals surface area contributed by atoms with Gasteiger partial charge >= 0.3 is 0 Å². The van der Waals surface area contributed by atoms with Crippen LogP contribution in [0.5, 0.6) is 0 Å². The van der Waals surface area contributed by atoms with Gasteiger partial charge in [-0.05, 0) is 19.8 Å². The highest BCUT2D eigenvalue weighted by atomic mass is 16.2. The van der Waals surface area contributed by atoms with E-state index in [0.717, 1.165) is 6.42 Å². The lowest BCUT2D eigenvalue weighted by molar-refractivity contribution is -0.131. The Labute approximate surface area is 101 Å². The maximum Gasteiger partial charge on any atom is 0.243 e. The molecule has 0 aliphatic carbocycles. The van der Waals surface area contributed by atoms with Gasteiger partial charge in [0.2, 0.25) is 17.7 Å². The molecule has 0 fully saturated rings. The SMILES string of the molecule is CCCC(=O)N[C@@H](CC)C(=O)N[C@@H](C)C(N)=O. The van der Waals surface area contributed by atoms with Gasteiger partial charge in [-0.25, -0.2) is 0 Å². The summed E-state index contributed by atoms with van der Waals surface area (Å²) in [6.07, 6.45) is 1.57. The van der Waals surface area contributed by atoms with E-state index in [9.17, 15) is 14.4 Å². The number of rotatable bonds is 7. The fraction of sp³-hybridized carbons (Fsp3) is 0.727. The summed E-state index contributed by atoms with van der Waals surface area (Å²) in [6.45, 7) is 5.17. The molecule has 0 aromatic rings. The Morgan fingerprint density at radius 1 is 1.18 bits per heavy atom. The molecule has 4 N–H and O–H groups in total. The van der Waals surface area contributed by atoms with Crippen molar-refractivity contribution in [2.24, 2.45) is 5.73 Å². The Morgan fingerprint density at radius 3 is 2.18 bits per heavy atom. The minimum absolute atomic E-state index is 0.166. The summed E-state index contributed by atoms with van der Waals surface area (Å²) >= 11 is 0. The summed E-state index contributed by atoms with van der Waals surface area (Å²) in [5.41, 5.74) is 5.03. The second-order valence-electron chi connectivity index (χ2n) is 3.91. The molecule has 6 heteroatoms. The van der Waals surface area contributed by atoms with Crippen LogP contribution in [0.15, 0.2) is 0 Å². The third kappa shape index (κ3) is 5.89. The van der Waals surface area contributed by atoms with Crippen LogP contribution in [0.2, 0.25) is 0 Å². The molecule has 0 rings (SSSR count). The van der Waals surface area contributed by atoms with Crippen molar-refractivity contribution in [2.45, 2.75) is 52.1 Å². The van der Waals surface area contributed by atoms with Crippen LogP contribution < -0.4 is 16.4 Å². The van der Waals surface area contributed by atoms with Crippen LogP contribution in [0.3, 0.4) is 0 Å². The molecule has 2 atom stereocenters. The van der Waals surface area contributed by atoms with Crippen LogP contribution in [0.1, 0.15) is 40.0 Å². The molecule has 0 aromatic heterocycles. The maximum atomic E-state index is 11.7. The van der Waals surface area contributed by atoms with Crippen LogP contribution in [0.4, 0.5) is 0 Å². The Bertz CT molecular complexity index is 292. The van der Waals surface area contributed by atoms with Crippen molar-refractivity contribution in [2.75, 3.05) is 0 Å². The molecule has 17 heavy (non-hydrogen) atoms. The van der Waals surface area contributed by atoms with Crippen molar-refractivity contribution in [3.63, 3.8) is 0 Å². The number of amides is 3. The largest absolute Gasteiger partial charge is 0.368 e. The van der Waals surface area contributed by atoms with Gasteiger partial charge in [0, 0.05) is 6.42 Å². The van der Waals surface area contributed by atoms with Crippen LogP contribution in [-0.4, -0.2) is 29.8 Å². The first kappa shape index (κ1) is 15.4. The van der Waals surface area contributed by atoms with Crippen LogP contribution in [0.25, 0.3) is 0 Å². The number of primary amides is 1. The van der Waals surface area contributed by atoms with Gasteiger partial charge in [0.15, 0.2) is 0 Å². The van der Waals surface area contributed by atoms with Crippen LogP contribution >= 0.6 is 0 Å². The highest BCUT2D eigenvalue weighted by molar-refractivity contribution is 5.91. The van der Waals surface area contributed by atoms with E-state index in [0.29, 0.717) is 12.8 Å². The summed E-state index contributed by atoms with van der Waals surface area (Å²) in [5, 5.41) is 5.06. The quantitative estimate of drug-likeness (QED) is 0.570. The number of hydrogen-bond donors (Lipinski definition) is 3. The molecule has 0 radical (unpaired) electrons. The van der Waals surface area contributed by atoms with Gasteiger partial charge in [0.25, 0.3) is 0 Å². The molecular weight excluding hydrogens is 222 g/mol. The Kier molecular flexibility index (Phi) is 6.93. The molecule has 0 bridgehead atoms. The van der Waals surface area contributed by atoms with E-state index < -0.39 is 18.0 Å². The van der Waals surface area contributed by atoms with Gasteiger partial charge < -0.3 is 16.4 Å². The lowest BCUT2D eigenvalue weighted by Gasteiger charge is -2.18. The lowest BCUT2D eigenvalue weighted by Crippen LogP contribution is -2.51. The van der Waals surface area contributed by atoms with E-state index in [1.807, 2.05) is 6.92 Å². The minimum Gasteiger partial charge on any atom is -0.368 e.